The minimum absolute atomic E-state index is 0.274. The molecule has 4 rings (SSSR count). The van der Waals surface area contributed by atoms with E-state index in [1.54, 1.807) is 0 Å². The summed E-state index contributed by atoms with van der Waals surface area (Å²) in [7, 11) is 0. The Morgan fingerprint density at radius 3 is 3.00 bits per heavy atom. The Kier molecular flexibility index (Phi) is 5.94. The predicted octanol–water partition coefficient (Wildman–Crippen LogP) is 2.37. The van der Waals surface area contributed by atoms with Crippen molar-refractivity contribution in [3.8, 4) is 11.5 Å². The van der Waals surface area contributed by atoms with Crippen LogP contribution in [-0.4, -0.2) is 39.1 Å². The van der Waals surface area contributed by atoms with Gasteiger partial charge in [0.05, 0.1) is 18.8 Å². The molecule has 1 aromatic carbocycles. The molecule has 3 aliphatic rings. The molecule has 3 N–H and O–H groups in total. The summed E-state index contributed by atoms with van der Waals surface area (Å²) in [6.45, 7) is 6.27. The third-order valence-electron chi connectivity index (χ3n) is 5.90. The second-order valence-electron chi connectivity index (χ2n) is 7.75. The topological polar surface area (TPSA) is 63.8 Å². The highest BCUT2D eigenvalue weighted by molar-refractivity contribution is 5.45. The highest BCUT2D eigenvalue weighted by atomic mass is 16.7. The van der Waals surface area contributed by atoms with Gasteiger partial charge < -0.3 is 19.5 Å². The number of fused-ring (bicyclic) bond motifs is 1. The number of hydrogen-bond donors (Lipinski definition) is 3. The molecule has 1 saturated heterocycles. The zero-order valence-electron chi connectivity index (χ0n) is 15.6. The number of nitrogens with one attached hydrogen (secondary N) is 3. The minimum atomic E-state index is 0.274. The number of benzene rings is 1. The highest BCUT2D eigenvalue weighted by Gasteiger charge is 2.29. The monoisotopic (exact) mass is 361 g/mol. The summed E-state index contributed by atoms with van der Waals surface area (Å²) < 4.78 is 17.0. The summed E-state index contributed by atoms with van der Waals surface area (Å²) in [6.07, 6.45) is 5.68. The van der Waals surface area contributed by atoms with E-state index in [1.165, 1.54) is 31.2 Å². The minimum Gasteiger partial charge on any atom is -0.454 e. The van der Waals surface area contributed by atoms with Crippen LogP contribution in [0.4, 0.5) is 0 Å². The molecule has 0 bridgehead atoms. The van der Waals surface area contributed by atoms with E-state index in [0.29, 0.717) is 24.7 Å². The average Bonchev–Trinajstić information content (AvgIpc) is 3.31. The maximum absolute atomic E-state index is 6.10. The quantitative estimate of drug-likeness (QED) is 0.648. The molecule has 4 unspecified atom stereocenters. The lowest BCUT2D eigenvalue weighted by Gasteiger charge is -2.29. The lowest BCUT2D eigenvalue weighted by atomic mass is 9.88. The largest absolute Gasteiger partial charge is 0.454 e. The maximum Gasteiger partial charge on any atom is 0.231 e. The average molecular weight is 361 g/mol. The van der Waals surface area contributed by atoms with Crippen molar-refractivity contribution in [3.63, 3.8) is 0 Å². The second kappa shape index (κ2) is 8.57. The first-order valence-electron chi connectivity index (χ1n) is 10.0. The van der Waals surface area contributed by atoms with E-state index in [0.717, 1.165) is 37.7 Å². The van der Waals surface area contributed by atoms with Gasteiger partial charge in [0.25, 0.3) is 0 Å². The van der Waals surface area contributed by atoms with Crippen LogP contribution in [0.15, 0.2) is 18.2 Å². The standard InChI is InChI=1S/C20H31N3O3/c1-14-4-2-3-5-17(14)24-9-8-21-11-16-12-22-23-20(16)15-6-7-18-19(10-15)26-13-25-18/h6-7,10,14,16-17,20-23H,2-5,8-9,11-13H2,1H3. The van der Waals surface area contributed by atoms with Gasteiger partial charge in [-0.3, -0.25) is 5.43 Å². The van der Waals surface area contributed by atoms with Gasteiger partial charge in [-0.15, -0.1) is 0 Å². The Morgan fingerprint density at radius 2 is 2.08 bits per heavy atom. The van der Waals surface area contributed by atoms with Crippen LogP contribution in [0.1, 0.15) is 44.2 Å². The molecule has 1 saturated carbocycles. The summed E-state index contributed by atoms with van der Waals surface area (Å²) >= 11 is 0. The van der Waals surface area contributed by atoms with Gasteiger partial charge in [0, 0.05) is 25.6 Å². The van der Waals surface area contributed by atoms with Crippen molar-refractivity contribution in [1.82, 2.24) is 16.2 Å². The molecule has 6 nitrogen and oxygen atoms in total. The van der Waals surface area contributed by atoms with E-state index in [1.807, 2.05) is 6.07 Å². The van der Waals surface area contributed by atoms with Gasteiger partial charge in [-0.25, -0.2) is 5.43 Å². The Labute approximate surface area is 155 Å². The summed E-state index contributed by atoms with van der Waals surface area (Å²) in [5.74, 6) is 2.88. The summed E-state index contributed by atoms with van der Waals surface area (Å²) in [5, 5.41) is 3.57. The van der Waals surface area contributed by atoms with Crippen LogP contribution in [0, 0.1) is 11.8 Å². The molecular weight excluding hydrogens is 330 g/mol. The van der Waals surface area contributed by atoms with Crippen molar-refractivity contribution < 1.29 is 14.2 Å². The van der Waals surface area contributed by atoms with Crippen molar-refractivity contribution in [2.45, 2.75) is 44.8 Å². The van der Waals surface area contributed by atoms with Gasteiger partial charge in [-0.05, 0) is 36.5 Å². The molecule has 1 aliphatic carbocycles. The van der Waals surface area contributed by atoms with E-state index in [-0.39, 0.29) is 6.04 Å². The third kappa shape index (κ3) is 4.14. The number of ether oxygens (including phenoxy) is 3. The van der Waals surface area contributed by atoms with E-state index in [9.17, 15) is 0 Å². The number of rotatable bonds is 7. The van der Waals surface area contributed by atoms with Crippen LogP contribution >= 0.6 is 0 Å². The van der Waals surface area contributed by atoms with Crippen LogP contribution in [0.3, 0.4) is 0 Å². The van der Waals surface area contributed by atoms with E-state index in [2.05, 4.69) is 35.2 Å². The molecule has 1 aromatic rings. The molecule has 0 radical (unpaired) electrons. The van der Waals surface area contributed by atoms with Crippen molar-refractivity contribution >= 4 is 0 Å². The van der Waals surface area contributed by atoms with Crippen molar-refractivity contribution in [1.29, 1.82) is 0 Å². The number of hydrazine groups is 1. The Bertz CT molecular complexity index is 598. The van der Waals surface area contributed by atoms with Crippen LogP contribution in [0.5, 0.6) is 11.5 Å². The molecular formula is C20H31N3O3. The molecule has 0 aromatic heterocycles. The lowest BCUT2D eigenvalue weighted by Crippen LogP contribution is -2.33. The molecule has 6 heteroatoms. The van der Waals surface area contributed by atoms with Gasteiger partial charge in [0.15, 0.2) is 11.5 Å². The Balaban J connectivity index is 1.22. The molecule has 4 atom stereocenters. The first-order chi connectivity index (χ1) is 12.8. The maximum atomic E-state index is 6.10. The fourth-order valence-electron chi connectivity index (χ4n) is 4.29. The fraction of sp³-hybridized carbons (Fsp3) is 0.700. The third-order valence-corrected chi connectivity index (χ3v) is 5.90. The molecule has 0 amide bonds. The van der Waals surface area contributed by atoms with Crippen molar-refractivity contribution in [2.75, 3.05) is 33.0 Å². The molecule has 26 heavy (non-hydrogen) atoms. The normalized spacial score (nSPS) is 30.7. The van der Waals surface area contributed by atoms with Crippen LogP contribution in [0.25, 0.3) is 0 Å². The molecule has 2 fully saturated rings. The van der Waals surface area contributed by atoms with Crippen molar-refractivity contribution in [3.05, 3.63) is 23.8 Å². The van der Waals surface area contributed by atoms with Gasteiger partial charge in [0.1, 0.15) is 0 Å². The van der Waals surface area contributed by atoms with Gasteiger partial charge >= 0.3 is 0 Å². The van der Waals surface area contributed by atoms with Gasteiger partial charge in [-0.1, -0.05) is 25.8 Å². The number of hydrogen-bond acceptors (Lipinski definition) is 6. The summed E-state index contributed by atoms with van der Waals surface area (Å²) in [4.78, 5) is 0. The Morgan fingerprint density at radius 1 is 1.19 bits per heavy atom. The Hall–Kier alpha value is -1.34. The SMILES string of the molecule is CC1CCCCC1OCCNCC1CNNC1c1ccc2c(c1)OCO2. The van der Waals surface area contributed by atoms with Crippen molar-refractivity contribution in [2.24, 2.45) is 11.8 Å². The zero-order valence-corrected chi connectivity index (χ0v) is 15.6. The summed E-state index contributed by atoms with van der Waals surface area (Å²) in [6, 6.07) is 6.49. The van der Waals surface area contributed by atoms with Crippen LogP contribution < -0.4 is 25.6 Å². The predicted molar refractivity (Wildman–Crippen MR) is 100 cm³/mol. The molecule has 2 aliphatic heterocycles. The zero-order chi connectivity index (χ0) is 17.8. The fourth-order valence-corrected chi connectivity index (χ4v) is 4.29. The van der Waals surface area contributed by atoms with E-state index in [4.69, 9.17) is 14.2 Å². The highest BCUT2D eigenvalue weighted by Crippen LogP contribution is 2.36. The van der Waals surface area contributed by atoms with Gasteiger partial charge in [0.2, 0.25) is 6.79 Å². The van der Waals surface area contributed by atoms with E-state index >= 15 is 0 Å². The van der Waals surface area contributed by atoms with Gasteiger partial charge in [-0.2, -0.15) is 0 Å². The molecule has 0 spiro atoms. The smallest absolute Gasteiger partial charge is 0.231 e. The lowest BCUT2D eigenvalue weighted by molar-refractivity contribution is -0.00332. The first-order valence-corrected chi connectivity index (χ1v) is 10.0. The first kappa shape index (κ1) is 18.0. The van der Waals surface area contributed by atoms with Crippen LogP contribution in [-0.2, 0) is 4.74 Å². The van der Waals surface area contributed by atoms with E-state index < -0.39 is 0 Å². The summed E-state index contributed by atoms with van der Waals surface area (Å²) in [5.41, 5.74) is 7.92. The molecule has 2 heterocycles. The second-order valence-corrected chi connectivity index (χ2v) is 7.75. The van der Waals surface area contributed by atoms with Crippen LogP contribution in [0.2, 0.25) is 0 Å². The molecule has 144 valence electrons.